The average Bonchev–Trinajstić information content (AvgIpc) is 2.69. The minimum Gasteiger partial charge on any atom is -0.494 e. The second-order valence-corrected chi connectivity index (χ2v) is 7.24. The zero-order valence-electron chi connectivity index (χ0n) is 16.9. The molecule has 3 rings (SSSR count). The molecule has 0 spiro atoms. The van der Waals surface area contributed by atoms with Gasteiger partial charge in [0.05, 0.1) is 13.1 Å². The van der Waals surface area contributed by atoms with Gasteiger partial charge in [-0.3, -0.25) is 34.3 Å². The van der Waals surface area contributed by atoms with Crippen LogP contribution < -0.4 is 16.6 Å². The number of aryl methyl sites for hydroxylation is 1. The molecule has 0 radical (unpaired) electrons. The molecular weight excluding hydrogens is 388 g/mol. The number of hydrogen-bond donors (Lipinski definition) is 4. The third-order valence-electron chi connectivity index (χ3n) is 4.89. The number of aliphatic imine (C=N–C) groups is 1. The first-order chi connectivity index (χ1) is 14.4. The first-order valence-electron chi connectivity index (χ1n) is 9.77. The molecule has 10 nitrogen and oxygen atoms in total. The Hall–Kier alpha value is -3.24. The number of rotatable bonds is 7. The summed E-state index contributed by atoms with van der Waals surface area (Å²) < 4.78 is 0. The smallest absolute Gasteiger partial charge is 0.328 e. The van der Waals surface area contributed by atoms with E-state index in [1.807, 2.05) is 36.2 Å². The maximum absolute atomic E-state index is 12.2. The van der Waals surface area contributed by atoms with Crippen molar-refractivity contribution in [3.63, 3.8) is 0 Å². The van der Waals surface area contributed by atoms with Crippen molar-refractivity contribution in [3.8, 4) is 5.88 Å². The summed E-state index contributed by atoms with van der Waals surface area (Å²) in [6.07, 6.45) is 1.26. The number of benzene rings is 1. The fraction of sp³-hybridized carbons (Fsp3) is 0.400. The molecule has 10 heteroatoms. The van der Waals surface area contributed by atoms with Gasteiger partial charge in [0.1, 0.15) is 5.56 Å². The van der Waals surface area contributed by atoms with E-state index < -0.39 is 17.1 Å². The number of piperazine rings is 1. The van der Waals surface area contributed by atoms with Crippen molar-refractivity contribution < 1.29 is 9.90 Å². The van der Waals surface area contributed by atoms with Crippen LogP contribution in [-0.4, -0.2) is 82.8 Å². The lowest BCUT2D eigenvalue weighted by atomic mass is 10.2. The number of amides is 1. The van der Waals surface area contributed by atoms with Crippen molar-refractivity contribution in [2.24, 2.45) is 4.99 Å². The van der Waals surface area contributed by atoms with Gasteiger partial charge in [-0.2, -0.15) is 0 Å². The summed E-state index contributed by atoms with van der Waals surface area (Å²) in [6.45, 7) is 6.71. The van der Waals surface area contributed by atoms with Crippen LogP contribution in [0.15, 0.2) is 38.8 Å². The first-order valence-corrected chi connectivity index (χ1v) is 9.77. The van der Waals surface area contributed by atoms with Crippen LogP contribution in [0.1, 0.15) is 11.1 Å². The second kappa shape index (κ2) is 9.99. The molecular formula is C20H26N6O4. The summed E-state index contributed by atoms with van der Waals surface area (Å²) in [5.41, 5.74) is 0.432. The van der Waals surface area contributed by atoms with Gasteiger partial charge in [-0.05, 0) is 19.1 Å². The molecule has 1 amide bonds. The minimum absolute atomic E-state index is 0.0252. The Balaban J connectivity index is 1.38. The molecule has 1 aromatic carbocycles. The van der Waals surface area contributed by atoms with Crippen LogP contribution >= 0.6 is 0 Å². The van der Waals surface area contributed by atoms with Crippen molar-refractivity contribution in [3.05, 3.63) is 56.2 Å². The molecule has 0 saturated carbocycles. The number of nitrogens with one attached hydrogen (secondary N) is 3. The molecule has 1 aliphatic heterocycles. The summed E-state index contributed by atoms with van der Waals surface area (Å²) in [7, 11) is 0. The second-order valence-electron chi connectivity index (χ2n) is 7.24. The lowest BCUT2D eigenvalue weighted by molar-refractivity contribution is -0.117. The Morgan fingerprint density at radius 3 is 2.47 bits per heavy atom. The molecule has 4 N–H and O–H groups in total. The van der Waals surface area contributed by atoms with Crippen LogP contribution in [0.3, 0.4) is 0 Å². The van der Waals surface area contributed by atoms with Crippen molar-refractivity contribution in [2.45, 2.75) is 6.92 Å². The van der Waals surface area contributed by atoms with Crippen LogP contribution in [0, 0.1) is 6.92 Å². The maximum Gasteiger partial charge on any atom is 0.328 e. The summed E-state index contributed by atoms with van der Waals surface area (Å²) in [5.74, 6) is -0.520. The zero-order valence-corrected chi connectivity index (χ0v) is 16.9. The molecule has 2 heterocycles. The number of nitrogens with zero attached hydrogens (tertiary/aromatic N) is 3. The number of carbonyl (C=O) groups is 1. The van der Waals surface area contributed by atoms with Crippen LogP contribution in [0.2, 0.25) is 0 Å². The lowest BCUT2D eigenvalue weighted by Crippen LogP contribution is -2.49. The highest BCUT2D eigenvalue weighted by Gasteiger charge is 2.18. The van der Waals surface area contributed by atoms with E-state index in [1.54, 1.807) is 0 Å². The van der Waals surface area contributed by atoms with E-state index in [1.165, 1.54) is 6.21 Å². The van der Waals surface area contributed by atoms with Gasteiger partial charge in [-0.25, -0.2) is 4.79 Å². The summed E-state index contributed by atoms with van der Waals surface area (Å²) in [5, 5.41) is 12.5. The third kappa shape index (κ3) is 6.13. The number of anilines is 1. The number of aromatic amines is 2. The molecule has 1 aliphatic rings. The number of hydrogen-bond acceptors (Lipinski definition) is 7. The molecule has 160 valence electrons. The SMILES string of the molecule is Cc1ccc(NC(=O)CN2CCN(CCN=Cc3c(O)[nH]c(=O)[nH]c3=O)CC2)cc1. The normalized spacial score (nSPS) is 15.5. The predicted molar refractivity (Wildman–Crippen MR) is 114 cm³/mol. The number of H-pyrrole nitrogens is 2. The highest BCUT2D eigenvalue weighted by atomic mass is 16.3. The fourth-order valence-corrected chi connectivity index (χ4v) is 3.17. The fourth-order valence-electron chi connectivity index (χ4n) is 3.17. The highest BCUT2D eigenvalue weighted by molar-refractivity contribution is 5.92. The molecule has 2 aromatic rings. The van der Waals surface area contributed by atoms with E-state index in [2.05, 4.69) is 25.1 Å². The van der Waals surface area contributed by atoms with Crippen LogP contribution in [0.5, 0.6) is 5.88 Å². The van der Waals surface area contributed by atoms with Gasteiger partial charge in [-0.1, -0.05) is 17.7 Å². The molecule has 0 atom stereocenters. The molecule has 1 aromatic heterocycles. The van der Waals surface area contributed by atoms with Gasteiger partial charge >= 0.3 is 5.69 Å². The van der Waals surface area contributed by atoms with Crippen LogP contribution in [-0.2, 0) is 4.79 Å². The average molecular weight is 414 g/mol. The Kier molecular flexibility index (Phi) is 7.15. The van der Waals surface area contributed by atoms with Crippen molar-refractivity contribution in [2.75, 3.05) is 51.1 Å². The summed E-state index contributed by atoms with van der Waals surface area (Å²) in [6, 6.07) is 7.72. The Labute approximate surface area is 173 Å². The van der Waals surface area contributed by atoms with Gasteiger partial charge < -0.3 is 10.4 Å². The van der Waals surface area contributed by atoms with E-state index in [4.69, 9.17) is 0 Å². The van der Waals surface area contributed by atoms with Gasteiger partial charge in [0.25, 0.3) is 5.56 Å². The van der Waals surface area contributed by atoms with Gasteiger partial charge in [0, 0.05) is 44.6 Å². The molecule has 1 saturated heterocycles. The van der Waals surface area contributed by atoms with Crippen molar-refractivity contribution >= 4 is 17.8 Å². The standard InChI is InChI=1S/C20H26N6O4/c1-14-2-4-15(5-3-14)22-17(27)13-26-10-8-25(9-11-26)7-6-21-12-16-18(28)23-20(30)24-19(16)29/h2-5,12H,6-11,13H2,1H3,(H,22,27)(H3,23,24,28,29,30). The first kappa shape index (κ1) is 21.5. The van der Waals surface area contributed by atoms with Crippen molar-refractivity contribution in [1.82, 2.24) is 19.8 Å². The molecule has 0 aliphatic carbocycles. The van der Waals surface area contributed by atoms with E-state index in [0.29, 0.717) is 19.6 Å². The highest BCUT2D eigenvalue weighted by Crippen LogP contribution is 2.09. The summed E-state index contributed by atoms with van der Waals surface area (Å²) in [4.78, 5) is 47.5. The molecule has 30 heavy (non-hydrogen) atoms. The summed E-state index contributed by atoms with van der Waals surface area (Å²) >= 11 is 0. The number of aromatic nitrogens is 2. The predicted octanol–water partition coefficient (Wildman–Crippen LogP) is -0.248. The van der Waals surface area contributed by atoms with E-state index >= 15 is 0 Å². The van der Waals surface area contributed by atoms with Crippen LogP contribution in [0.4, 0.5) is 5.69 Å². The third-order valence-corrected chi connectivity index (χ3v) is 4.89. The Morgan fingerprint density at radius 2 is 1.80 bits per heavy atom. The Morgan fingerprint density at radius 1 is 1.13 bits per heavy atom. The number of aromatic hydroxyl groups is 1. The molecule has 0 bridgehead atoms. The maximum atomic E-state index is 12.2. The van der Waals surface area contributed by atoms with E-state index in [9.17, 15) is 19.5 Å². The topological polar surface area (TPSA) is 134 Å². The van der Waals surface area contributed by atoms with E-state index in [0.717, 1.165) is 37.4 Å². The van der Waals surface area contributed by atoms with Crippen molar-refractivity contribution in [1.29, 1.82) is 0 Å². The van der Waals surface area contributed by atoms with E-state index in [-0.39, 0.29) is 11.5 Å². The molecule has 0 unspecified atom stereocenters. The zero-order chi connectivity index (χ0) is 21.5. The lowest BCUT2D eigenvalue weighted by Gasteiger charge is -2.33. The number of carbonyl (C=O) groups excluding carboxylic acids is 1. The largest absolute Gasteiger partial charge is 0.494 e. The minimum atomic E-state index is -0.764. The quantitative estimate of drug-likeness (QED) is 0.462. The van der Waals surface area contributed by atoms with Gasteiger partial charge in [0.2, 0.25) is 11.8 Å². The Bertz CT molecular complexity index is 1000. The van der Waals surface area contributed by atoms with Gasteiger partial charge in [-0.15, -0.1) is 0 Å². The van der Waals surface area contributed by atoms with Gasteiger partial charge in [0.15, 0.2) is 0 Å². The van der Waals surface area contributed by atoms with Crippen LogP contribution in [0.25, 0.3) is 0 Å². The molecule has 1 fully saturated rings. The monoisotopic (exact) mass is 414 g/mol.